The summed E-state index contributed by atoms with van der Waals surface area (Å²) in [7, 11) is 0. The van der Waals surface area contributed by atoms with E-state index in [9.17, 15) is 10.5 Å². The molecule has 4 aromatic heterocycles. The molecular weight excluding hydrogens is 734 g/mol. The Morgan fingerprint density at radius 2 is 1.03 bits per heavy atom. The lowest BCUT2D eigenvalue weighted by atomic mass is 9.90. The number of rotatable bonds is 5. The Morgan fingerprint density at radius 3 is 1.59 bits per heavy atom. The van der Waals surface area contributed by atoms with Gasteiger partial charge in [-0.1, -0.05) is 48.5 Å². The van der Waals surface area contributed by atoms with Gasteiger partial charge in [-0.05, 0) is 78.9 Å². The van der Waals surface area contributed by atoms with Crippen molar-refractivity contribution in [2.45, 2.75) is 6.18 Å². The fourth-order valence-electron chi connectivity index (χ4n) is 8.10. The molecule has 274 valence electrons. The molecule has 6 aromatic carbocycles. The second kappa shape index (κ2) is 13.3. The first-order valence-electron chi connectivity index (χ1n) is 18.2. The van der Waals surface area contributed by atoms with Gasteiger partial charge >= 0.3 is 6.18 Å². The third kappa shape index (κ3) is 5.29. The van der Waals surface area contributed by atoms with Gasteiger partial charge in [0.25, 0.3) is 0 Å². The zero-order valence-corrected chi connectivity index (χ0v) is 30.1. The summed E-state index contributed by atoms with van der Waals surface area (Å²) < 4.78 is 48.9. The number of alkyl halides is 3. The van der Waals surface area contributed by atoms with Gasteiger partial charge in [0.05, 0.1) is 50.6 Å². The molecule has 10 aromatic rings. The molecule has 0 aliphatic heterocycles. The second-order valence-corrected chi connectivity index (χ2v) is 13.6. The van der Waals surface area contributed by atoms with Crippen molar-refractivity contribution in [1.82, 2.24) is 29.1 Å². The molecule has 0 spiro atoms. The number of nitrogens with zero attached hydrogens (tertiary/aromatic N) is 8. The lowest BCUT2D eigenvalue weighted by Gasteiger charge is -2.22. The van der Waals surface area contributed by atoms with E-state index in [1.807, 2.05) is 100 Å². The summed E-state index contributed by atoms with van der Waals surface area (Å²) in [6.45, 7) is 0. The number of nitriles is 2. The van der Waals surface area contributed by atoms with E-state index in [0.29, 0.717) is 28.4 Å². The van der Waals surface area contributed by atoms with Crippen molar-refractivity contribution in [1.29, 1.82) is 10.5 Å². The van der Waals surface area contributed by atoms with Crippen LogP contribution in [-0.2, 0) is 6.18 Å². The first-order chi connectivity index (χ1) is 28.4. The maximum absolute atomic E-state index is 15.0. The predicted octanol–water partition coefficient (Wildman–Crippen LogP) is 11.2. The molecule has 0 fully saturated rings. The van der Waals surface area contributed by atoms with Crippen LogP contribution in [0.5, 0.6) is 0 Å². The topological polar surface area (TPSA) is 109 Å². The molecule has 0 aliphatic carbocycles. The Balaban J connectivity index is 1.35. The number of aromatic nitrogens is 6. The van der Waals surface area contributed by atoms with Gasteiger partial charge in [0.1, 0.15) is 11.6 Å². The van der Waals surface area contributed by atoms with Crippen LogP contribution in [0.2, 0.25) is 0 Å². The summed E-state index contributed by atoms with van der Waals surface area (Å²) in [4.78, 5) is 17.8. The van der Waals surface area contributed by atoms with E-state index in [2.05, 4.69) is 26.0 Å². The normalized spacial score (nSPS) is 11.7. The standard InChI is InChI=1S/C47H25F3N8/c48-47(49,50)37-11-5-8-30(26-51)43(37)33-16-19-42(57-38-12-3-1-9-31(38)34-24-28(14-17-40(34)57)45-53-20-6-21-54-45)36(27-52)44(33)58-39-13-4-2-10-32(39)35-25-29(15-18-41(35)58)46-55-22-7-23-56-46/h1-25H. The minimum atomic E-state index is -4.82. The van der Waals surface area contributed by atoms with Crippen LogP contribution < -0.4 is 0 Å². The summed E-state index contributed by atoms with van der Waals surface area (Å²) in [6, 6.07) is 41.6. The molecule has 0 saturated heterocycles. The third-order valence-corrected chi connectivity index (χ3v) is 10.5. The molecular formula is C47H25F3N8. The predicted molar refractivity (Wildman–Crippen MR) is 217 cm³/mol. The highest BCUT2D eigenvalue weighted by atomic mass is 19.4. The van der Waals surface area contributed by atoms with E-state index in [0.717, 1.165) is 49.8 Å². The fourth-order valence-corrected chi connectivity index (χ4v) is 8.10. The van der Waals surface area contributed by atoms with Crippen LogP contribution in [0, 0.1) is 22.7 Å². The van der Waals surface area contributed by atoms with Gasteiger partial charge < -0.3 is 9.13 Å². The van der Waals surface area contributed by atoms with Gasteiger partial charge in [0.2, 0.25) is 0 Å². The zero-order chi connectivity index (χ0) is 39.5. The van der Waals surface area contributed by atoms with E-state index in [4.69, 9.17) is 0 Å². The lowest BCUT2D eigenvalue weighted by molar-refractivity contribution is -0.137. The molecule has 0 N–H and O–H groups in total. The van der Waals surface area contributed by atoms with Crippen LogP contribution in [0.15, 0.2) is 152 Å². The molecule has 4 heterocycles. The summed E-state index contributed by atoms with van der Waals surface area (Å²) >= 11 is 0. The van der Waals surface area contributed by atoms with E-state index >= 15 is 13.2 Å². The van der Waals surface area contributed by atoms with Crippen LogP contribution in [-0.4, -0.2) is 29.1 Å². The molecule has 0 bridgehead atoms. The average molecular weight is 759 g/mol. The van der Waals surface area contributed by atoms with Crippen LogP contribution in [0.3, 0.4) is 0 Å². The van der Waals surface area contributed by atoms with Crippen molar-refractivity contribution < 1.29 is 13.2 Å². The number of para-hydroxylation sites is 2. The van der Waals surface area contributed by atoms with Crippen molar-refractivity contribution in [3.63, 3.8) is 0 Å². The Morgan fingerprint density at radius 1 is 0.500 bits per heavy atom. The number of halogens is 3. The highest BCUT2D eigenvalue weighted by Crippen LogP contribution is 2.46. The van der Waals surface area contributed by atoms with Crippen LogP contribution >= 0.6 is 0 Å². The van der Waals surface area contributed by atoms with Crippen molar-refractivity contribution in [3.8, 4) is 57.4 Å². The summed E-state index contributed by atoms with van der Waals surface area (Å²) in [6.07, 6.45) is 1.85. The van der Waals surface area contributed by atoms with Crippen LogP contribution in [0.25, 0.3) is 88.9 Å². The Bertz CT molecular complexity index is 3360. The first-order valence-corrected chi connectivity index (χ1v) is 18.2. The molecule has 0 radical (unpaired) electrons. The van der Waals surface area contributed by atoms with E-state index in [-0.39, 0.29) is 27.9 Å². The molecule has 0 saturated carbocycles. The number of hydrogen-bond donors (Lipinski definition) is 0. The summed E-state index contributed by atoms with van der Waals surface area (Å²) in [5.74, 6) is 1.06. The monoisotopic (exact) mass is 758 g/mol. The lowest BCUT2D eigenvalue weighted by Crippen LogP contribution is -2.11. The molecule has 0 atom stereocenters. The van der Waals surface area contributed by atoms with E-state index < -0.39 is 11.7 Å². The minimum Gasteiger partial charge on any atom is -0.308 e. The summed E-state index contributed by atoms with van der Waals surface area (Å²) in [5.41, 5.74) is 3.71. The van der Waals surface area contributed by atoms with Gasteiger partial charge in [-0.3, -0.25) is 0 Å². The van der Waals surface area contributed by atoms with Crippen LogP contribution in [0.4, 0.5) is 13.2 Å². The Kier molecular flexibility index (Phi) is 7.85. The highest BCUT2D eigenvalue weighted by Gasteiger charge is 2.36. The van der Waals surface area contributed by atoms with E-state index in [1.54, 1.807) is 49.1 Å². The largest absolute Gasteiger partial charge is 0.417 e. The molecule has 11 heteroatoms. The van der Waals surface area contributed by atoms with E-state index in [1.165, 1.54) is 12.1 Å². The quantitative estimate of drug-likeness (QED) is 0.173. The molecule has 0 aliphatic rings. The fraction of sp³-hybridized carbons (Fsp3) is 0.0213. The van der Waals surface area contributed by atoms with Crippen molar-refractivity contribution in [2.75, 3.05) is 0 Å². The van der Waals surface area contributed by atoms with Gasteiger partial charge in [-0.2, -0.15) is 23.7 Å². The Labute approximate surface area is 328 Å². The smallest absolute Gasteiger partial charge is 0.308 e. The number of fused-ring (bicyclic) bond motifs is 6. The third-order valence-electron chi connectivity index (χ3n) is 10.5. The van der Waals surface area contributed by atoms with Crippen molar-refractivity contribution >= 4 is 43.6 Å². The van der Waals surface area contributed by atoms with Crippen molar-refractivity contribution in [3.05, 3.63) is 169 Å². The van der Waals surface area contributed by atoms with Gasteiger partial charge in [0.15, 0.2) is 11.6 Å². The average Bonchev–Trinajstić information content (AvgIpc) is 3.77. The molecule has 0 amide bonds. The first kappa shape index (κ1) is 34.3. The number of hydrogen-bond acceptors (Lipinski definition) is 6. The van der Waals surface area contributed by atoms with Crippen LogP contribution in [0.1, 0.15) is 16.7 Å². The van der Waals surface area contributed by atoms with Gasteiger partial charge in [-0.25, -0.2) is 19.9 Å². The van der Waals surface area contributed by atoms with Crippen molar-refractivity contribution in [2.24, 2.45) is 0 Å². The number of benzene rings is 6. The highest BCUT2D eigenvalue weighted by molar-refractivity contribution is 6.13. The maximum Gasteiger partial charge on any atom is 0.417 e. The zero-order valence-electron chi connectivity index (χ0n) is 30.1. The van der Waals surface area contributed by atoms with Gasteiger partial charge in [-0.15, -0.1) is 0 Å². The molecule has 8 nitrogen and oxygen atoms in total. The molecule has 58 heavy (non-hydrogen) atoms. The Hall–Kier alpha value is -8.15. The SMILES string of the molecule is N#Cc1cccc(C(F)(F)F)c1-c1ccc(-n2c3ccccc3c3cc(-c4ncccn4)ccc32)c(C#N)c1-n1c2ccccc2c2cc(-c3ncccn3)ccc21. The minimum absolute atomic E-state index is 0.0761. The molecule has 0 unspecified atom stereocenters. The second-order valence-electron chi connectivity index (χ2n) is 13.6. The molecule has 10 rings (SSSR count). The maximum atomic E-state index is 15.0. The summed E-state index contributed by atoms with van der Waals surface area (Å²) in [5, 5.41) is 25.1. The van der Waals surface area contributed by atoms with Gasteiger partial charge in [0, 0.05) is 68.6 Å².